The van der Waals surface area contributed by atoms with Crippen molar-refractivity contribution in [3.8, 4) is 22.5 Å². The van der Waals surface area contributed by atoms with Crippen LogP contribution in [0.3, 0.4) is 0 Å². The molecule has 0 N–H and O–H groups in total. The first-order valence-electron chi connectivity index (χ1n) is 11.5. The molecular formula is C31H24N2. The summed E-state index contributed by atoms with van der Waals surface area (Å²) in [5.74, 6) is 0. The summed E-state index contributed by atoms with van der Waals surface area (Å²) in [6.45, 7) is 2.20. The summed E-state index contributed by atoms with van der Waals surface area (Å²) in [7, 11) is 0. The third-order valence-electron chi connectivity index (χ3n) is 6.49. The molecule has 6 rings (SSSR count). The lowest BCUT2D eigenvalue weighted by molar-refractivity contribution is 0.977. The summed E-state index contributed by atoms with van der Waals surface area (Å²) in [6, 6.07) is 31.8. The van der Waals surface area contributed by atoms with Crippen molar-refractivity contribution in [2.24, 2.45) is 0 Å². The zero-order valence-electron chi connectivity index (χ0n) is 18.6. The molecule has 5 aromatic rings. The molecule has 0 radical (unpaired) electrons. The zero-order valence-corrected chi connectivity index (χ0v) is 18.6. The minimum Gasteiger partial charge on any atom is -0.244 e. The lowest BCUT2D eigenvalue weighted by Crippen LogP contribution is -1.97. The van der Waals surface area contributed by atoms with Crippen molar-refractivity contribution >= 4 is 27.4 Å². The van der Waals surface area contributed by atoms with Crippen LogP contribution in [0.2, 0.25) is 0 Å². The van der Waals surface area contributed by atoms with Gasteiger partial charge < -0.3 is 0 Å². The Labute approximate surface area is 194 Å². The lowest BCUT2D eigenvalue weighted by atomic mass is 9.93. The minimum atomic E-state index is 0.919. The van der Waals surface area contributed by atoms with Crippen LogP contribution in [-0.4, -0.2) is 9.97 Å². The molecule has 0 saturated carbocycles. The smallest absolute Gasteiger partial charge is 0.0973 e. The Morgan fingerprint density at radius 3 is 2.06 bits per heavy atom. The highest BCUT2D eigenvalue weighted by Gasteiger charge is 2.15. The maximum Gasteiger partial charge on any atom is 0.0973 e. The van der Waals surface area contributed by atoms with Crippen molar-refractivity contribution in [2.75, 3.05) is 0 Å². The maximum atomic E-state index is 5.19. The Morgan fingerprint density at radius 1 is 0.576 bits per heavy atom. The number of benzene rings is 4. The molecule has 0 saturated heterocycles. The topological polar surface area (TPSA) is 25.8 Å². The van der Waals surface area contributed by atoms with E-state index in [1.165, 1.54) is 22.1 Å². The number of nitrogens with zero attached hydrogens (tertiary/aromatic N) is 2. The Hall–Kier alpha value is -4.04. The fourth-order valence-corrected chi connectivity index (χ4v) is 4.61. The van der Waals surface area contributed by atoms with Gasteiger partial charge in [0.05, 0.1) is 22.4 Å². The number of hydrogen-bond donors (Lipinski definition) is 0. The second kappa shape index (κ2) is 8.14. The average molecular weight is 425 g/mol. The fraction of sp³-hybridized carbons (Fsp3) is 0.0968. The van der Waals surface area contributed by atoms with Crippen LogP contribution in [0.5, 0.6) is 0 Å². The van der Waals surface area contributed by atoms with Crippen molar-refractivity contribution in [1.82, 2.24) is 9.97 Å². The highest BCUT2D eigenvalue weighted by molar-refractivity contribution is 6.05. The Balaban J connectivity index is 1.53. The van der Waals surface area contributed by atoms with Crippen molar-refractivity contribution < 1.29 is 0 Å². The van der Waals surface area contributed by atoms with Crippen molar-refractivity contribution in [3.05, 3.63) is 114 Å². The first-order valence-corrected chi connectivity index (χ1v) is 11.5. The van der Waals surface area contributed by atoms with Gasteiger partial charge in [0.1, 0.15) is 0 Å². The summed E-state index contributed by atoms with van der Waals surface area (Å²) in [6.07, 6.45) is 6.72. The predicted octanol–water partition coefficient (Wildman–Crippen LogP) is 8.24. The van der Waals surface area contributed by atoms with Crippen LogP contribution < -0.4 is 0 Å². The summed E-state index contributed by atoms with van der Waals surface area (Å²) in [5.41, 5.74) is 9.99. The van der Waals surface area contributed by atoms with Crippen LogP contribution in [0.25, 0.3) is 49.9 Å². The second-order valence-corrected chi connectivity index (χ2v) is 8.72. The van der Waals surface area contributed by atoms with E-state index in [1.807, 2.05) is 6.07 Å². The van der Waals surface area contributed by atoms with E-state index in [2.05, 4.69) is 104 Å². The molecule has 1 aliphatic carbocycles. The Bertz CT molecular complexity index is 1540. The standard InChI is InChI=1S/C31H24N2/c1-21-11-13-22(14-12-21)23-15-17-26(18-16-23)29-30(25-8-3-2-4-9-25)33-31-27-10-6-5-7-24(27)19-20-28(31)32-29/h2-11,13,15-20H,12,14H2,1H3. The number of hydrogen-bond acceptors (Lipinski definition) is 2. The molecule has 1 aromatic heterocycles. The Kier molecular flexibility index (Phi) is 4.84. The number of aromatic nitrogens is 2. The minimum absolute atomic E-state index is 0.919. The van der Waals surface area contributed by atoms with E-state index in [-0.39, 0.29) is 0 Å². The Morgan fingerprint density at radius 2 is 1.27 bits per heavy atom. The van der Waals surface area contributed by atoms with Gasteiger partial charge in [0.2, 0.25) is 0 Å². The third kappa shape index (κ3) is 3.64. The van der Waals surface area contributed by atoms with Gasteiger partial charge in [-0.3, -0.25) is 0 Å². The molecule has 0 bridgehead atoms. The molecule has 4 aromatic carbocycles. The average Bonchev–Trinajstić information content (AvgIpc) is 2.89. The SMILES string of the molecule is CC1=CC=C(c2ccc(-c3nc4ccc5ccccc5c4nc3-c3ccccc3)cc2)CC1. The molecule has 0 spiro atoms. The van der Waals surface area contributed by atoms with Gasteiger partial charge in [-0.05, 0) is 42.4 Å². The highest BCUT2D eigenvalue weighted by atomic mass is 14.8. The quantitative estimate of drug-likeness (QED) is 0.273. The first kappa shape index (κ1) is 19.6. The molecule has 0 amide bonds. The van der Waals surface area contributed by atoms with E-state index < -0.39 is 0 Å². The van der Waals surface area contributed by atoms with Crippen LogP contribution in [0.15, 0.2) is 109 Å². The van der Waals surface area contributed by atoms with Crippen LogP contribution in [-0.2, 0) is 0 Å². The summed E-state index contributed by atoms with van der Waals surface area (Å²) in [5, 5.41) is 2.31. The monoisotopic (exact) mass is 424 g/mol. The molecule has 2 heteroatoms. The molecular weight excluding hydrogens is 400 g/mol. The maximum absolute atomic E-state index is 5.19. The van der Waals surface area contributed by atoms with Gasteiger partial charge in [0, 0.05) is 16.5 Å². The predicted molar refractivity (Wildman–Crippen MR) is 139 cm³/mol. The van der Waals surface area contributed by atoms with Gasteiger partial charge in [0.25, 0.3) is 0 Å². The molecule has 0 aliphatic heterocycles. The first-order chi connectivity index (χ1) is 16.3. The normalized spacial score (nSPS) is 13.7. The number of allylic oxidation sites excluding steroid dienone is 4. The summed E-state index contributed by atoms with van der Waals surface area (Å²) < 4.78 is 0. The molecule has 0 unspecified atom stereocenters. The molecule has 0 atom stereocenters. The van der Waals surface area contributed by atoms with Crippen LogP contribution >= 0.6 is 0 Å². The van der Waals surface area contributed by atoms with Gasteiger partial charge in [-0.25, -0.2) is 9.97 Å². The number of fused-ring (bicyclic) bond motifs is 3. The van der Waals surface area contributed by atoms with Gasteiger partial charge in [-0.2, -0.15) is 0 Å². The van der Waals surface area contributed by atoms with E-state index in [9.17, 15) is 0 Å². The van der Waals surface area contributed by atoms with E-state index in [4.69, 9.17) is 9.97 Å². The molecule has 158 valence electrons. The number of rotatable bonds is 3. The van der Waals surface area contributed by atoms with E-state index in [1.54, 1.807) is 0 Å². The van der Waals surface area contributed by atoms with E-state index in [0.29, 0.717) is 0 Å². The fourth-order valence-electron chi connectivity index (χ4n) is 4.61. The molecule has 2 nitrogen and oxygen atoms in total. The molecule has 1 heterocycles. The van der Waals surface area contributed by atoms with E-state index >= 15 is 0 Å². The van der Waals surface area contributed by atoms with Gasteiger partial charge in [-0.15, -0.1) is 0 Å². The second-order valence-electron chi connectivity index (χ2n) is 8.72. The van der Waals surface area contributed by atoms with Crippen LogP contribution in [0.1, 0.15) is 25.3 Å². The molecule has 0 fully saturated rings. The van der Waals surface area contributed by atoms with Gasteiger partial charge >= 0.3 is 0 Å². The van der Waals surface area contributed by atoms with Crippen LogP contribution in [0, 0.1) is 0 Å². The van der Waals surface area contributed by atoms with Crippen molar-refractivity contribution in [1.29, 1.82) is 0 Å². The van der Waals surface area contributed by atoms with Gasteiger partial charge in [-0.1, -0.05) is 103 Å². The van der Waals surface area contributed by atoms with E-state index in [0.717, 1.165) is 51.8 Å². The van der Waals surface area contributed by atoms with Crippen molar-refractivity contribution in [3.63, 3.8) is 0 Å². The van der Waals surface area contributed by atoms with Crippen molar-refractivity contribution in [2.45, 2.75) is 19.8 Å². The third-order valence-corrected chi connectivity index (χ3v) is 6.49. The highest BCUT2D eigenvalue weighted by Crippen LogP contribution is 2.34. The summed E-state index contributed by atoms with van der Waals surface area (Å²) >= 11 is 0. The molecule has 33 heavy (non-hydrogen) atoms. The summed E-state index contributed by atoms with van der Waals surface area (Å²) in [4.78, 5) is 10.3. The molecule has 1 aliphatic rings. The van der Waals surface area contributed by atoms with Crippen LogP contribution in [0.4, 0.5) is 0 Å². The zero-order chi connectivity index (χ0) is 22.2. The largest absolute Gasteiger partial charge is 0.244 e. The lowest BCUT2D eigenvalue weighted by Gasteiger charge is -2.14. The van der Waals surface area contributed by atoms with Gasteiger partial charge in [0.15, 0.2) is 0 Å².